The molecule has 0 saturated heterocycles. The summed E-state index contributed by atoms with van der Waals surface area (Å²) in [5.41, 5.74) is 7.43. The fourth-order valence-corrected chi connectivity index (χ4v) is 3.63. The zero-order valence-electron chi connectivity index (χ0n) is 18.3. The van der Waals surface area contributed by atoms with Crippen LogP contribution in [0, 0.1) is 6.33 Å². The molecule has 0 spiro atoms. The third-order valence-electron chi connectivity index (χ3n) is 5.49. The summed E-state index contributed by atoms with van der Waals surface area (Å²) in [7, 11) is 0. The van der Waals surface area contributed by atoms with Crippen molar-refractivity contribution < 1.29 is 4.57 Å². The van der Waals surface area contributed by atoms with Crippen molar-refractivity contribution in [3.8, 4) is 11.4 Å². The number of benzene rings is 3. The van der Waals surface area contributed by atoms with Crippen molar-refractivity contribution in [1.29, 1.82) is 0 Å². The minimum atomic E-state index is 0.0777. The van der Waals surface area contributed by atoms with Crippen LogP contribution in [0.2, 0.25) is 0 Å². The fourth-order valence-electron chi connectivity index (χ4n) is 3.63. The highest BCUT2D eigenvalue weighted by molar-refractivity contribution is 5.74. The summed E-state index contributed by atoms with van der Waals surface area (Å²) in [4.78, 5) is 0. The van der Waals surface area contributed by atoms with Crippen LogP contribution >= 0.6 is 0 Å². The molecule has 0 N–H and O–H groups in total. The number of hydrogen-bond donors (Lipinski definition) is 0. The Bertz CT molecular complexity index is 1120. The Morgan fingerprint density at radius 1 is 0.690 bits per heavy atom. The Kier molecular flexibility index (Phi) is 4.61. The van der Waals surface area contributed by atoms with E-state index in [0.717, 1.165) is 22.4 Å². The van der Waals surface area contributed by atoms with Crippen LogP contribution < -0.4 is 4.57 Å². The first-order chi connectivity index (χ1) is 13.6. The van der Waals surface area contributed by atoms with E-state index in [4.69, 9.17) is 0 Å². The first kappa shape index (κ1) is 19.4. The van der Waals surface area contributed by atoms with E-state index in [1.54, 1.807) is 0 Å². The van der Waals surface area contributed by atoms with Gasteiger partial charge < -0.3 is 0 Å². The van der Waals surface area contributed by atoms with Crippen molar-refractivity contribution in [3.63, 3.8) is 0 Å². The molecule has 2 heteroatoms. The minimum Gasteiger partial charge on any atom is -0.292 e. The van der Waals surface area contributed by atoms with Crippen LogP contribution in [0.4, 0.5) is 0 Å². The zero-order valence-corrected chi connectivity index (χ0v) is 18.3. The van der Waals surface area contributed by atoms with Crippen molar-refractivity contribution in [2.45, 2.75) is 52.4 Å². The monoisotopic (exact) mass is 382 g/mol. The lowest BCUT2D eigenvalue weighted by Crippen LogP contribution is -2.31. The van der Waals surface area contributed by atoms with Gasteiger partial charge in [-0.2, -0.15) is 0 Å². The highest BCUT2D eigenvalue weighted by atomic mass is 15.1. The van der Waals surface area contributed by atoms with E-state index in [9.17, 15) is 0 Å². The second-order valence-electron chi connectivity index (χ2n) is 9.86. The van der Waals surface area contributed by atoms with Crippen molar-refractivity contribution in [2.75, 3.05) is 0 Å². The first-order valence-corrected chi connectivity index (χ1v) is 10.3. The van der Waals surface area contributed by atoms with Gasteiger partial charge in [-0.15, -0.1) is 0 Å². The summed E-state index contributed by atoms with van der Waals surface area (Å²) in [6.07, 6.45) is 3.61. The molecular weight excluding hydrogens is 352 g/mol. The Balaban J connectivity index is 2.01. The van der Waals surface area contributed by atoms with Crippen LogP contribution in [0.25, 0.3) is 22.4 Å². The van der Waals surface area contributed by atoms with Crippen LogP contribution in [0.1, 0.15) is 52.7 Å². The molecule has 4 rings (SSSR count). The second-order valence-corrected chi connectivity index (χ2v) is 9.86. The number of fused-ring (bicyclic) bond motifs is 1. The standard InChI is InChI=1S/C27H30N2/c1-26(2,3)20-16-21(27(4,5)6)18-23(17-20)29-19-28(22-12-8-7-9-13-22)24-14-10-11-15-25(24)29/h7-18H,1-6H3. The number of aromatic nitrogens is 2. The van der Waals surface area contributed by atoms with Gasteiger partial charge in [0.2, 0.25) is 0 Å². The average Bonchev–Trinajstić information content (AvgIpc) is 3.07. The van der Waals surface area contributed by atoms with Crippen molar-refractivity contribution in [3.05, 3.63) is 90.3 Å². The topological polar surface area (TPSA) is 8.81 Å². The molecule has 1 heterocycles. The van der Waals surface area contributed by atoms with E-state index in [1.807, 2.05) is 6.07 Å². The lowest BCUT2D eigenvalue weighted by molar-refractivity contribution is -0.572. The molecule has 148 valence electrons. The van der Waals surface area contributed by atoms with E-state index in [1.165, 1.54) is 11.1 Å². The molecule has 0 aliphatic heterocycles. The molecule has 3 aromatic carbocycles. The van der Waals surface area contributed by atoms with Crippen LogP contribution in [-0.4, -0.2) is 4.57 Å². The fraction of sp³-hybridized carbons (Fsp3) is 0.296. The number of imidazole rings is 1. The lowest BCUT2D eigenvalue weighted by atomic mass is 9.80. The van der Waals surface area contributed by atoms with Gasteiger partial charge in [-0.1, -0.05) is 90.1 Å². The van der Waals surface area contributed by atoms with Crippen LogP contribution in [-0.2, 0) is 10.8 Å². The highest BCUT2D eigenvalue weighted by Crippen LogP contribution is 2.31. The number of rotatable bonds is 2. The second kappa shape index (κ2) is 6.88. The average molecular weight is 383 g/mol. The molecule has 0 aliphatic rings. The molecule has 0 radical (unpaired) electrons. The van der Waals surface area contributed by atoms with Crippen LogP contribution in [0.15, 0.2) is 72.8 Å². The minimum absolute atomic E-state index is 0.0777. The van der Waals surface area contributed by atoms with Gasteiger partial charge in [-0.3, -0.25) is 9.13 Å². The maximum Gasteiger partial charge on any atom is 0.269 e. The lowest BCUT2D eigenvalue weighted by Gasteiger charge is -2.26. The molecule has 29 heavy (non-hydrogen) atoms. The van der Waals surface area contributed by atoms with Crippen molar-refractivity contribution in [2.24, 2.45) is 0 Å². The largest absolute Gasteiger partial charge is 0.292 e. The Labute approximate surface area is 174 Å². The third kappa shape index (κ3) is 3.72. The Hall–Kier alpha value is -2.87. The van der Waals surface area contributed by atoms with Gasteiger partial charge in [0.15, 0.2) is 0 Å². The van der Waals surface area contributed by atoms with E-state index in [2.05, 4.69) is 124 Å². The maximum absolute atomic E-state index is 3.61. The predicted molar refractivity (Wildman–Crippen MR) is 121 cm³/mol. The van der Waals surface area contributed by atoms with Gasteiger partial charge in [0.25, 0.3) is 6.33 Å². The summed E-state index contributed by atoms with van der Waals surface area (Å²) in [6, 6.07) is 25.9. The number of para-hydroxylation sites is 3. The van der Waals surface area contributed by atoms with Crippen molar-refractivity contribution >= 4 is 11.0 Å². The third-order valence-corrected chi connectivity index (χ3v) is 5.49. The smallest absolute Gasteiger partial charge is 0.269 e. The molecule has 0 saturated carbocycles. The maximum atomic E-state index is 3.61. The van der Waals surface area contributed by atoms with Gasteiger partial charge in [0, 0.05) is 0 Å². The first-order valence-electron chi connectivity index (χ1n) is 10.3. The molecule has 0 bridgehead atoms. The Morgan fingerprint density at radius 2 is 1.24 bits per heavy atom. The summed E-state index contributed by atoms with van der Waals surface area (Å²) < 4.78 is 4.35. The van der Waals surface area contributed by atoms with E-state index in [0.29, 0.717) is 0 Å². The molecule has 0 amide bonds. The zero-order chi connectivity index (χ0) is 20.8. The molecule has 1 aromatic heterocycles. The van der Waals surface area contributed by atoms with Gasteiger partial charge in [0.05, 0.1) is 22.4 Å². The molecule has 0 aliphatic carbocycles. The van der Waals surface area contributed by atoms with E-state index in [-0.39, 0.29) is 10.8 Å². The molecular formula is C27H30N2. The highest BCUT2D eigenvalue weighted by Gasteiger charge is 2.22. The molecule has 0 fully saturated rings. The van der Waals surface area contributed by atoms with Gasteiger partial charge in [-0.25, -0.2) is 0 Å². The summed E-state index contributed by atoms with van der Waals surface area (Å²) >= 11 is 0. The Morgan fingerprint density at radius 3 is 1.83 bits per heavy atom. The quantitative estimate of drug-likeness (QED) is 0.284. The molecule has 0 atom stereocenters. The summed E-state index contributed by atoms with van der Waals surface area (Å²) in [5.74, 6) is 0. The summed E-state index contributed by atoms with van der Waals surface area (Å²) in [5, 5.41) is 0. The number of hydrogen-bond acceptors (Lipinski definition) is 0. The van der Waals surface area contributed by atoms with Crippen LogP contribution in [0.5, 0.6) is 0 Å². The molecule has 2 nitrogen and oxygen atoms in total. The van der Waals surface area contributed by atoms with Crippen LogP contribution in [0.3, 0.4) is 0 Å². The molecule has 4 aromatic rings. The van der Waals surface area contributed by atoms with Gasteiger partial charge >= 0.3 is 0 Å². The normalized spacial score (nSPS) is 12.5. The predicted octanol–water partition coefficient (Wildman–Crippen LogP) is 6.30. The molecule has 0 unspecified atom stereocenters. The van der Waals surface area contributed by atoms with Gasteiger partial charge in [0.1, 0.15) is 0 Å². The van der Waals surface area contributed by atoms with Crippen molar-refractivity contribution in [1.82, 2.24) is 4.57 Å². The number of nitrogens with zero attached hydrogens (tertiary/aromatic N) is 2. The summed E-state index contributed by atoms with van der Waals surface area (Å²) in [6.45, 7) is 13.7. The van der Waals surface area contributed by atoms with E-state index >= 15 is 0 Å². The van der Waals surface area contributed by atoms with Gasteiger partial charge in [-0.05, 0) is 46.2 Å². The SMILES string of the molecule is CC(C)(C)c1cc(-[n+]2[c-]n(-c3ccccc3)c3ccccc32)cc(C(C)(C)C)c1. The van der Waals surface area contributed by atoms with E-state index < -0.39 is 0 Å².